The van der Waals surface area contributed by atoms with E-state index in [1.807, 2.05) is 83.1 Å². The molecule has 4 aromatic rings. The summed E-state index contributed by atoms with van der Waals surface area (Å²) in [6, 6.07) is 23.3. The summed E-state index contributed by atoms with van der Waals surface area (Å²) in [7, 11) is -7.03. The second kappa shape index (κ2) is 16.4. The van der Waals surface area contributed by atoms with E-state index in [9.17, 15) is 16.8 Å². The number of halogens is 1. The highest BCUT2D eigenvalue weighted by molar-refractivity contribution is 9.10. The fourth-order valence-electron chi connectivity index (χ4n) is 4.13. The molecule has 1 heterocycles. The van der Waals surface area contributed by atoms with E-state index in [-0.39, 0.29) is 13.2 Å². The molecule has 1 aromatic heterocycles. The summed E-state index contributed by atoms with van der Waals surface area (Å²) in [6.07, 6.45) is 4.76. The van der Waals surface area contributed by atoms with Crippen LogP contribution in [0.15, 0.2) is 87.6 Å². The number of aliphatic imine (C=N–C) groups is 1. The van der Waals surface area contributed by atoms with Crippen LogP contribution < -0.4 is 9.64 Å². The first-order valence-electron chi connectivity index (χ1n) is 13.9. The second-order valence-corrected chi connectivity index (χ2v) is 15.2. The average molecular weight is 737 g/mol. The van der Waals surface area contributed by atoms with E-state index < -0.39 is 20.2 Å². The highest BCUT2D eigenvalue weighted by Crippen LogP contribution is 2.26. The van der Waals surface area contributed by atoms with Crippen LogP contribution in [0.1, 0.15) is 23.4 Å². The summed E-state index contributed by atoms with van der Waals surface area (Å²) in [5.41, 5.74) is 4.48. The van der Waals surface area contributed by atoms with Crippen LogP contribution in [0.3, 0.4) is 0 Å². The van der Waals surface area contributed by atoms with E-state index in [1.54, 1.807) is 17.6 Å². The van der Waals surface area contributed by atoms with Gasteiger partial charge in [0.25, 0.3) is 20.2 Å². The van der Waals surface area contributed by atoms with Crippen molar-refractivity contribution in [2.75, 3.05) is 43.7 Å². The lowest BCUT2D eigenvalue weighted by atomic mass is 10.1. The lowest BCUT2D eigenvalue weighted by Gasteiger charge is -2.25. The van der Waals surface area contributed by atoms with Crippen LogP contribution in [-0.4, -0.2) is 66.8 Å². The van der Waals surface area contributed by atoms with Crippen LogP contribution in [0.25, 0.3) is 11.3 Å². The zero-order valence-electron chi connectivity index (χ0n) is 24.8. The van der Waals surface area contributed by atoms with Crippen LogP contribution in [0.5, 0.6) is 5.75 Å². The molecule has 45 heavy (non-hydrogen) atoms. The van der Waals surface area contributed by atoms with Crippen LogP contribution in [0, 0.1) is 0 Å². The molecule has 0 unspecified atom stereocenters. The molecular weight excluding hydrogens is 702 g/mol. The van der Waals surface area contributed by atoms with Crippen molar-refractivity contribution in [3.8, 4) is 17.0 Å². The topological polar surface area (TPSA) is 124 Å². The molecule has 0 saturated carbocycles. The Morgan fingerprint density at radius 1 is 0.844 bits per heavy atom. The lowest BCUT2D eigenvalue weighted by Crippen LogP contribution is -2.27. The Balaban J connectivity index is 1.32. The number of rotatable bonds is 17. The zero-order valence-corrected chi connectivity index (χ0v) is 28.9. The summed E-state index contributed by atoms with van der Waals surface area (Å²) in [5.74, 6) is 0.790. The molecule has 0 bridgehead atoms. The number of ether oxygens (including phenoxy) is 1. The summed E-state index contributed by atoms with van der Waals surface area (Å²) >= 11 is 4.98. The molecule has 0 radical (unpaired) electrons. The van der Waals surface area contributed by atoms with Gasteiger partial charge >= 0.3 is 0 Å². The minimum Gasteiger partial charge on any atom is -0.486 e. The summed E-state index contributed by atoms with van der Waals surface area (Å²) in [4.78, 5) is 11.3. The van der Waals surface area contributed by atoms with Crippen LogP contribution in [0.4, 0.5) is 11.4 Å². The van der Waals surface area contributed by atoms with Gasteiger partial charge in [-0.25, -0.2) is 4.98 Å². The molecule has 0 aliphatic carbocycles. The molecular formula is C31H34BrN3O7S3. The number of anilines is 1. The van der Waals surface area contributed by atoms with Crippen molar-refractivity contribution in [3.05, 3.63) is 93.2 Å². The van der Waals surface area contributed by atoms with Gasteiger partial charge in [-0.05, 0) is 66.9 Å². The van der Waals surface area contributed by atoms with Gasteiger partial charge in [-0.15, -0.1) is 11.3 Å². The SMILES string of the molecule is CS(=O)(=O)OCCCN(CCCOS(C)(=O)=O)c1ccc(C=Nc2ccc(-c3csc(COc4ccc(Br)cc4)n3)cc2)cc1. The van der Waals surface area contributed by atoms with Gasteiger partial charge in [-0.2, -0.15) is 16.8 Å². The molecule has 0 amide bonds. The maximum Gasteiger partial charge on any atom is 0.264 e. The predicted molar refractivity (Wildman–Crippen MR) is 183 cm³/mol. The Bertz CT molecular complexity index is 1720. The van der Waals surface area contributed by atoms with Gasteiger partial charge in [0.2, 0.25) is 0 Å². The number of hydrogen-bond acceptors (Lipinski definition) is 11. The maximum atomic E-state index is 11.3. The Labute approximate surface area is 277 Å². The molecule has 0 spiro atoms. The van der Waals surface area contributed by atoms with Crippen molar-refractivity contribution in [2.45, 2.75) is 19.4 Å². The highest BCUT2D eigenvalue weighted by Gasteiger charge is 2.10. The van der Waals surface area contributed by atoms with Gasteiger partial charge in [0.05, 0.1) is 37.1 Å². The summed E-state index contributed by atoms with van der Waals surface area (Å²) in [6.45, 7) is 1.56. The van der Waals surface area contributed by atoms with Crippen molar-refractivity contribution in [2.24, 2.45) is 4.99 Å². The third kappa shape index (κ3) is 12.6. The van der Waals surface area contributed by atoms with E-state index in [4.69, 9.17) is 18.1 Å². The third-order valence-electron chi connectivity index (χ3n) is 6.25. The Morgan fingerprint density at radius 2 is 1.44 bits per heavy atom. The van der Waals surface area contributed by atoms with E-state index in [0.29, 0.717) is 32.5 Å². The Hall–Kier alpha value is -3.14. The van der Waals surface area contributed by atoms with Crippen LogP contribution in [-0.2, 0) is 35.2 Å². The van der Waals surface area contributed by atoms with E-state index in [0.717, 1.165) is 55.9 Å². The molecule has 14 heteroatoms. The van der Waals surface area contributed by atoms with Gasteiger partial charge in [-0.1, -0.05) is 40.2 Å². The molecule has 10 nitrogen and oxygen atoms in total. The molecule has 0 atom stereocenters. The smallest absolute Gasteiger partial charge is 0.264 e. The van der Waals surface area contributed by atoms with E-state index >= 15 is 0 Å². The number of benzene rings is 3. The van der Waals surface area contributed by atoms with Gasteiger partial charge in [0.15, 0.2) is 0 Å². The first-order valence-corrected chi connectivity index (χ1v) is 19.3. The third-order valence-corrected chi connectivity index (χ3v) is 8.79. The van der Waals surface area contributed by atoms with Crippen LogP contribution in [0.2, 0.25) is 0 Å². The van der Waals surface area contributed by atoms with Crippen molar-refractivity contribution in [1.82, 2.24) is 4.98 Å². The van der Waals surface area contributed by atoms with Crippen molar-refractivity contribution >= 4 is 65.1 Å². The number of nitrogens with zero attached hydrogens (tertiary/aromatic N) is 3. The molecule has 240 valence electrons. The second-order valence-electron chi connectivity index (χ2n) is 10.0. The summed E-state index contributed by atoms with van der Waals surface area (Å²) in [5, 5.41) is 2.91. The normalized spacial score (nSPS) is 12.1. The van der Waals surface area contributed by atoms with Gasteiger partial charge in [-0.3, -0.25) is 13.4 Å². The molecule has 4 rings (SSSR count). The van der Waals surface area contributed by atoms with Crippen molar-refractivity contribution < 1.29 is 29.9 Å². The standard InChI is InChI=1S/C31H34BrN3O7S3/c1-44(36,37)41-19-3-17-35(18-4-20-42-45(2,38)39)28-13-5-24(6-14-28)21-33-27-11-7-25(8-12-27)30-23-43-31(34-30)22-40-29-15-9-26(32)10-16-29/h5-16,21,23H,3-4,17-20,22H2,1-2H3. The van der Waals surface area contributed by atoms with E-state index in [2.05, 4.69) is 20.9 Å². The lowest BCUT2D eigenvalue weighted by molar-refractivity contribution is 0.305. The van der Waals surface area contributed by atoms with Crippen LogP contribution >= 0.6 is 27.3 Å². The molecule has 0 aliphatic rings. The van der Waals surface area contributed by atoms with Gasteiger partial charge in [0, 0.05) is 40.4 Å². The molecule has 0 aliphatic heterocycles. The molecule has 3 aromatic carbocycles. The largest absolute Gasteiger partial charge is 0.486 e. The minimum absolute atomic E-state index is 0.0590. The number of hydrogen-bond donors (Lipinski definition) is 0. The van der Waals surface area contributed by atoms with E-state index in [1.165, 1.54) is 0 Å². The number of aromatic nitrogens is 1. The monoisotopic (exact) mass is 735 g/mol. The summed E-state index contributed by atoms with van der Waals surface area (Å²) < 4.78 is 61.6. The Kier molecular flexibility index (Phi) is 12.7. The predicted octanol–water partition coefficient (Wildman–Crippen LogP) is 6.44. The quantitative estimate of drug-likeness (QED) is 0.0685. The van der Waals surface area contributed by atoms with Gasteiger partial charge in [0.1, 0.15) is 17.4 Å². The molecule has 0 saturated heterocycles. The first-order chi connectivity index (χ1) is 21.4. The first kappa shape index (κ1) is 34.7. The molecule has 0 fully saturated rings. The fourth-order valence-corrected chi connectivity index (χ4v) is 5.95. The van der Waals surface area contributed by atoms with Crippen molar-refractivity contribution in [1.29, 1.82) is 0 Å². The van der Waals surface area contributed by atoms with Gasteiger partial charge < -0.3 is 9.64 Å². The Morgan fingerprint density at radius 3 is 2.02 bits per heavy atom. The highest BCUT2D eigenvalue weighted by atomic mass is 79.9. The average Bonchev–Trinajstić information content (AvgIpc) is 3.48. The van der Waals surface area contributed by atoms with Crippen molar-refractivity contribution in [3.63, 3.8) is 0 Å². The minimum atomic E-state index is -3.51. The maximum absolute atomic E-state index is 11.3. The zero-order chi connectivity index (χ0) is 32.3. The number of thiazole rings is 1. The molecule has 0 N–H and O–H groups in total. The fraction of sp³-hybridized carbons (Fsp3) is 0.290.